The van der Waals surface area contributed by atoms with E-state index in [1.807, 2.05) is 35.9 Å². The van der Waals surface area contributed by atoms with Crippen molar-refractivity contribution in [2.24, 2.45) is 7.05 Å². The first-order valence-electron chi connectivity index (χ1n) is 8.35. The van der Waals surface area contributed by atoms with Crippen molar-refractivity contribution in [2.75, 3.05) is 18.2 Å². The molecule has 0 aliphatic carbocycles. The van der Waals surface area contributed by atoms with Crippen LogP contribution in [0.5, 0.6) is 5.75 Å². The van der Waals surface area contributed by atoms with Crippen LogP contribution in [0.2, 0.25) is 10.0 Å². The minimum atomic E-state index is -0.200. The Bertz CT molecular complexity index is 977. The Hall–Kier alpha value is -2.22. The van der Waals surface area contributed by atoms with Gasteiger partial charge < -0.3 is 14.6 Å². The van der Waals surface area contributed by atoms with Crippen molar-refractivity contribution >= 4 is 46.6 Å². The molecule has 0 saturated heterocycles. The maximum Gasteiger partial charge on any atom is 0.234 e. The number of ether oxygens (including phenoxy) is 1. The van der Waals surface area contributed by atoms with Crippen LogP contribution < -0.4 is 10.1 Å². The molecule has 9 heteroatoms. The second-order valence-electron chi connectivity index (χ2n) is 5.92. The van der Waals surface area contributed by atoms with E-state index in [4.69, 9.17) is 27.9 Å². The van der Waals surface area contributed by atoms with Crippen LogP contribution in [0, 0.1) is 0 Å². The SMILES string of the molecule is COc1ccc(Cc2nnc(SCC(=O)Nc3cccc(Cl)c3Cl)n2C)cc1. The molecule has 3 rings (SSSR count). The van der Waals surface area contributed by atoms with E-state index < -0.39 is 0 Å². The fourth-order valence-electron chi connectivity index (χ4n) is 2.47. The van der Waals surface area contributed by atoms with Crippen LogP contribution >= 0.6 is 35.0 Å². The third-order valence-corrected chi connectivity index (χ3v) is 5.84. The standard InChI is InChI=1S/C19H18Cl2N4O2S/c1-25-16(10-12-6-8-13(27-2)9-7-12)23-24-19(25)28-11-17(26)22-15-5-3-4-14(20)18(15)21/h3-9H,10-11H2,1-2H3,(H,22,26). The summed E-state index contributed by atoms with van der Waals surface area (Å²) in [6.07, 6.45) is 0.637. The smallest absolute Gasteiger partial charge is 0.234 e. The Morgan fingerprint density at radius 2 is 1.93 bits per heavy atom. The van der Waals surface area contributed by atoms with Gasteiger partial charge in [-0.15, -0.1) is 10.2 Å². The summed E-state index contributed by atoms with van der Waals surface area (Å²) < 4.78 is 7.05. The summed E-state index contributed by atoms with van der Waals surface area (Å²) in [5.41, 5.74) is 1.58. The Morgan fingerprint density at radius 3 is 2.64 bits per heavy atom. The lowest BCUT2D eigenvalue weighted by Crippen LogP contribution is -2.15. The number of nitrogens with one attached hydrogen (secondary N) is 1. The van der Waals surface area contributed by atoms with Gasteiger partial charge in [-0.3, -0.25) is 4.79 Å². The predicted molar refractivity (Wildman–Crippen MR) is 113 cm³/mol. The monoisotopic (exact) mass is 436 g/mol. The highest BCUT2D eigenvalue weighted by atomic mass is 35.5. The molecule has 0 aliphatic rings. The second-order valence-corrected chi connectivity index (χ2v) is 7.65. The molecular weight excluding hydrogens is 419 g/mol. The molecule has 1 aromatic heterocycles. The number of hydrogen-bond donors (Lipinski definition) is 1. The molecule has 1 amide bonds. The average molecular weight is 437 g/mol. The number of aromatic nitrogens is 3. The van der Waals surface area contributed by atoms with Gasteiger partial charge in [0.2, 0.25) is 5.91 Å². The number of thioether (sulfide) groups is 1. The number of carbonyl (C=O) groups is 1. The lowest BCUT2D eigenvalue weighted by Gasteiger charge is -2.08. The highest BCUT2D eigenvalue weighted by Gasteiger charge is 2.13. The summed E-state index contributed by atoms with van der Waals surface area (Å²) in [6.45, 7) is 0. The average Bonchev–Trinajstić information content (AvgIpc) is 3.04. The molecule has 28 heavy (non-hydrogen) atoms. The third kappa shape index (κ3) is 4.98. The number of hydrogen-bond acceptors (Lipinski definition) is 5. The van der Waals surface area contributed by atoms with Gasteiger partial charge in [0.1, 0.15) is 11.6 Å². The van der Waals surface area contributed by atoms with E-state index in [2.05, 4.69) is 15.5 Å². The number of amides is 1. The van der Waals surface area contributed by atoms with Crippen molar-refractivity contribution in [3.8, 4) is 5.75 Å². The summed E-state index contributed by atoms with van der Waals surface area (Å²) >= 11 is 13.4. The van der Waals surface area contributed by atoms with Crippen LogP contribution in [0.1, 0.15) is 11.4 Å². The van der Waals surface area contributed by atoms with Gasteiger partial charge in [-0.1, -0.05) is 53.2 Å². The van der Waals surface area contributed by atoms with Crippen LogP contribution in [0.3, 0.4) is 0 Å². The van der Waals surface area contributed by atoms with Crippen molar-refractivity contribution in [3.63, 3.8) is 0 Å². The number of benzene rings is 2. The van der Waals surface area contributed by atoms with E-state index in [1.165, 1.54) is 11.8 Å². The summed E-state index contributed by atoms with van der Waals surface area (Å²) in [7, 11) is 3.52. The quantitative estimate of drug-likeness (QED) is 0.553. The Kier molecular flexibility index (Phi) is 6.83. The van der Waals surface area contributed by atoms with Gasteiger partial charge in [0.15, 0.2) is 5.16 Å². The first-order chi connectivity index (χ1) is 13.5. The minimum absolute atomic E-state index is 0.178. The molecule has 146 valence electrons. The first kappa shape index (κ1) is 20.5. The van der Waals surface area contributed by atoms with Crippen molar-refractivity contribution in [3.05, 3.63) is 63.9 Å². The normalized spacial score (nSPS) is 10.7. The van der Waals surface area contributed by atoms with Crippen LogP contribution in [-0.2, 0) is 18.3 Å². The highest BCUT2D eigenvalue weighted by Crippen LogP contribution is 2.29. The molecule has 0 bridgehead atoms. The number of nitrogens with zero attached hydrogens (tertiary/aromatic N) is 3. The minimum Gasteiger partial charge on any atom is -0.497 e. The Balaban J connectivity index is 1.59. The molecule has 1 N–H and O–H groups in total. The van der Waals surface area contributed by atoms with Crippen LogP contribution in [0.4, 0.5) is 5.69 Å². The van der Waals surface area contributed by atoms with Crippen molar-refractivity contribution in [1.29, 1.82) is 0 Å². The van der Waals surface area contributed by atoms with Gasteiger partial charge in [0.25, 0.3) is 0 Å². The van der Waals surface area contributed by atoms with E-state index in [1.54, 1.807) is 25.3 Å². The lowest BCUT2D eigenvalue weighted by atomic mass is 10.1. The summed E-state index contributed by atoms with van der Waals surface area (Å²) in [6, 6.07) is 12.9. The lowest BCUT2D eigenvalue weighted by molar-refractivity contribution is -0.113. The molecule has 6 nitrogen and oxygen atoms in total. The molecule has 0 saturated carbocycles. The second kappa shape index (κ2) is 9.32. The van der Waals surface area contributed by atoms with E-state index in [-0.39, 0.29) is 11.7 Å². The van der Waals surface area contributed by atoms with Gasteiger partial charge in [0, 0.05) is 13.5 Å². The number of anilines is 1. The molecule has 2 aromatic carbocycles. The summed E-state index contributed by atoms with van der Waals surface area (Å²) in [5, 5.41) is 12.5. The predicted octanol–water partition coefficient (Wildman–Crippen LogP) is 4.45. The summed E-state index contributed by atoms with van der Waals surface area (Å²) in [4.78, 5) is 12.2. The number of rotatable bonds is 7. The topological polar surface area (TPSA) is 69.0 Å². The van der Waals surface area contributed by atoms with E-state index in [9.17, 15) is 4.79 Å². The zero-order valence-corrected chi connectivity index (χ0v) is 17.6. The van der Waals surface area contributed by atoms with E-state index in [0.717, 1.165) is 17.1 Å². The van der Waals surface area contributed by atoms with Gasteiger partial charge in [-0.05, 0) is 29.8 Å². The Labute approximate surface area is 177 Å². The van der Waals surface area contributed by atoms with Gasteiger partial charge >= 0.3 is 0 Å². The van der Waals surface area contributed by atoms with Crippen molar-refractivity contribution < 1.29 is 9.53 Å². The van der Waals surface area contributed by atoms with Crippen LogP contribution in [-0.4, -0.2) is 33.5 Å². The Morgan fingerprint density at radius 1 is 1.18 bits per heavy atom. The van der Waals surface area contributed by atoms with Crippen molar-refractivity contribution in [1.82, 2.24) is 14.8 Å². The van der Waals surface area contributed by atoms with Gasteiger partial charge in [0.05, 0.1) is 28.6 Å². The zero-order valence-electron chi connectivity index (χ0n) is 15.3. The fraction of sp³-hybridized carbons (Fsp3) is 0.211. The molecule has 0 atom stereocenters. The number of halogens is 2. The number of carbonyl (C=O) groups excluding carboxylic acids is 1. The molecular formula is C19H18Cl2N4O2S. The maximum atomic E-state index is 12.2. The third-order valence-electron chi connectivity index (χ3n) is 4.00. The molecule has 0 radical (unpaired) electrons. The molecule has 0 spiro atoms. The zero-order chi connectivity index (χ0) is 20.1. The summed E-state index contributed by atoms with van der Waals surface area (Å²) in [5.74, 6) is 1.60. The van der Waals surface area contributed by atoms with Gasteiger partial charge in [-0.2, -0.15) is 0 Å². The highest BCUT2D eigenvalue weighted by molar-refractivity contribution is 7.99. The van der Waals surface area contributed by atoms with Crippen molar-refractivity contribution in [2.45, 2.75) is 11.6 Å². The van der Waals surface area contributed by atoms with E-state index >= 15 is 0 Å². The molecule has 0 fully saturated rings. The van der Waals surface area contributed by atoms with Gasteiger partial charge in [-0.25, -0.2) is 0 Å². The molecule has 0 aliphatic heterocycles. The van der Waals surface area contributed by atoms with Crippen LogP contribution in [0.15, 0.2) is 47.6 Å². The number of methoxy groups -OCH3 is 1. The molecule has 3 aromatic rings. The fourth-order valence-corrected chi connectivity index (χ4v) is 3.55. The molecule has 1 heterocycles. The maximum absolute atomic E-state index is 12.2. The van der Waals surface area contributed by atoms with E-state index in [0.29, 0.717) is 27.3 Å². The molecule has 0 unspecified atom stereocenters. The first-order valence-corrected chi connectivity index (χ1v) is 10.1. The largest absolute Gasteiger partial charge is 0.497 e. The van der Waals surface area contributed by atoms with Crippen LogP contribution in [0.25, 0.3) is 0 Å².